The van der Waals surface area contributed by atoms with Crippen LogP contribution in [-0.4, -0.2) is 28.4 Å². The minimum Gasteiger partial charge on any atom is -0.477 e. The SMILES string of the molecule is CNC(=O)c1cc(C(=O)O)sn1. The number of amides is 1. The van der Waals surface area contributed by atoms with E-state index in [1.807, 2.05) is 0 Å². The Morgan fingerprint density at radius 1 is 1.67 bits per heavy atom. The molecule has 0 radical (unpaired) electrons. The van der Waals surface area contributed by atoms with Crippen LogP contribution in [0.4, 0.5) is 0 Å². The molecule has 12 heavy (non-hydrogen) atoms. The quantitative estimate of drug-likeness (QED) is 0.691. The van der Waals surface area contributed by atoms with Crippen LogP contribution in [-0.2, 0) is 0 Å². The molecule has 6 heteroatoms. The van der Waals surface area contributed by atoms with E-state index < -0.39 is 5.97 Å². The fourth-order valence-electron chi connectivity index (χ4n) is 0.611. The van der Waals surface area contributed by atoms with Gasteiger partial charge in [0, 0.05) is 7.05 Å². The Hall–Kier alpha value is -1.43. The highest BCUT2D eigenvalue weighted by Crippen LogP contribution is 2.09. The summed E-state index contributed by atoms with van der Waals surface area (Å²) < 4.78 is 3.66. The first-order valence-corrected chi connectivity index (χ1v) is 3.84. The Kier molecular flexibility index (Phi) is 2.39. The lowest BCUT2D eigenvalue weighted by Gasteiger charge is -1.89. The number of hydrogen-bond donors (Lipinski definition) is 2. The van der Waals surface area contributed by atoms with Crippen LogP contribution in [0.5, 0.6) is 0 Å². The molecule has 0 aliphatic rings. The number of nitrogens with one attached hydrogen (secondary N) is 1. The molecule has 0 atom stereocenters. The molecule has 2 N–H and O–H groups in total. The molecule has 0 unspecified atom stereocenters. The molecular weight excluding hydrogens is 180 g/mol. The standard InChI is InChI=1S/C6H6N2O3S/c1-7-5(9)3-2-4(6(10)11)12-8-3/h2H,1H3,(H,7,9)(H,10,11). The molecule has 0 aliphatic carbocycles. The van der Waals surface area contributed by atoms with Gasteiger partial charge in [0.1, 0.15) is 10.6 Å². The number of aromatic nitrogens is 1. The zero-order chi connectivity index (χ0) is 9.14. The van der Waals surface area contributed by atoms with Gasteiger partial charge in [-0.25, -0.2) is 4.79 Å². The Labute approximate surface area is 72.2 Å². The zero-order valence-electron chi connectivity index (χ0n) is 6.20. The van der Waals surface area contributed by atoms with Crippen LogP contribution in [0.25, 0.3) is 0 Å². The highest BCUT2D eigenvalue weighted by molar-refractivity contribution is 7.08. The minimum atomic E-state index is -1.07. The summed E-state index contributed by atoms with van der Waals surface area (Å²) in [4.78, 5) is 21.3. The number of nitrogens with zero attached hydrogens (tertiary/aromatic N) is 1. The van der Waals surface area contributed by atoms with Crippen molar-refractivity contribution in [3.63, 3.8) is 0 Å². The predicted octanol–water partition coefficient (Wildman–Crippen LogP) is 0.201. The number of hydrogen-bond acceptors (Lipinski definition) is 4. The average molecular weight is 186 g/mol. The van der Waals surface area contributed by atoms with E-state index in [4.69, 9.17) is 5.11 Å². The molecule has 0 spiro atoms. The number of carbonyl (C=O) groups excluding carboxylic acids is 1. The normalized spacial score (nSPS) is 9.42. The van der Waals surface area contributed by atoms with Gasteiger partial charge in [-0.2, -0.15) is 4.37 Å². The summed E-state index contributed by atoms with van der Waals surface area (Å²) in [6.45, 7) is 0. The first kappa shape index (κ1) is 8.66. The number of aromatic carboxylic acids is 1. The van der Waals surface area contributed by atoms with E-state index in [0.29, 0.717) is 0 Å². The van der Waals surface area contributed by atoms with Crippen LogP contribution in [0.1, 0.15) is 20.2 Å². The predicted molar refractivity (Wildman–Crippen MR) is 42.5 cm³/mol. The number of carbonyl (C=O) groups is 2. The third-order valence-corrected chi connectivity index (χ3v) is 1.96. The fraction of sp³-hybridized carbons (Fsp3) is 0.167. The molecule has 0 saturated heterocycles. The number of rotatable bonds is 2. The van der Waals surface area contributed by atoms with Crippen molar-refractivity contribution in [2.24, 2.45) is 0 Å². The van der Waals surface area contributed by atoms with E-state index in [-0.39, 0.29) is 16.5 Å². The summed E-state index contributed by atoms with van der Waals surface area (Å²) in [6, 6.07) is 1.24. The topological polar surface area (TPSA) is 79.3 Å². The summed E-state index contributed by atoms with van der Waals surface area (Å²) in [5, 5.41) is 10.8. The van der Waals surface area contributed by atoms with Crippen molar-refractivity contribution in [1.29, 1.82) is 0 Å². The smallest absolute Gasteiger partial charge is 0.347 e. The van der Waals surface area contributed by atoms with E-state index in [0.717, 1.165) is 11.5 Å². The van der Waals surface area contributed by atoms with Crippen molar-refractivity contribution in [3.05, 3.63) is 16.6 Å². The molecule has 0 fully saturated rings. The number of carboxylic acids is 1. The molecule has 5 nitrogen and oxygen atoms in total. The van der Waals surface area contributed by atoms with Crippen molar-refractivity contribution in [2.75, 3.05) is 7.05 Å². The fourth-order valence-corrected chi connectivity index (χ4v) is 1.19. The van der Waals surface area contributed by atoms with Crippen molar-refractivity contribution in [1.82, 2.24) is 9.69 Å². The van der Waals surface area contributed by atoms with Gasteiger partial charge in [-0.05, 0) is 17.6 Å². The van der Waals surface area contributed by atoms with Crippen molar-refractivity contribution in [3.8, 4) is 0 Å². The van der Waals surface area contributed by atoms with Gasteiger partial charge in [0.15, 0.2) is 0 Å². The second-order valence-electron chi connectivity index (χ2n) is 1.96. The van der Waals surface area contributed by atoms with Crippen LogP contribution in [0.15, 0.2) is 6.07 Å². The summed E-state index contributed by atoms with van der Waals surface area (Å²) in [7, 11) is 1.46. The third-order valence-electron chi connectivity index (χ3n) is 1.18. The minimum absolute atomic E-state index is 0.0635. The molecule has 1 rings (SSSR count). The zero-order valence-corrected chi connectivity index (χ0v) is 7.01. The molecule has 0 saturated carbocycles. The van der Waals surface area contributed by atoms with Crippen LogP contribution >= 0.6 is 11.5 Å². The molecule has 1 aromatic heterocycles. The van der Waals surface area contributed by atoms with Crippen molar-refractivity contribution >= 4 is 23.4 Å². The molecule has 0 aromatic carbocycles. The van der Waals surface area contributed by atoms with Crippen LogP contribution in [0, 0.1) is 0 Å². The number of carboxylic acid groups (broad SMARTS) is 1. The summed E-state index contributed by atoms with van der Waals surface area (Å²) >= 11 is 0.791. The highest BCUT2D eigenvalue weighted by atomic mass is 32.1. The molecule has 0 bridgehead atoms. The van der Waals surface area contributed by atoms with Crippen LogP contribution in [0.2, 0.25) is 0 Å². The second-order valence-corrected chi connectivity index (χ2v) is 2.77. The van der Waals surface area contributed by atoms with Gasteiger partial charge in [0.25, 0.3) is 5.91 Å². The Morgan fingerprint density at radius 3 is 2.75 bits per heavy atom. The first-order valence-electron chi connectivity index (χ1n) is 3.07. The molecule has 1 heterocycles. The van der Waals surface area contributed by atoms with Gasteiger partial charge in [-0.15, -0.1) is 0 Å². The molecule has 0 aliphatic heterocycles. The van der Waals surface area contributed by atoms with Crippen LogP contribution in [0.3, 0.4) is 0 Å². The first-order chi connectivity index (χ1) is 5.65. The average Bonchev–Trinajstić information content (AvgIpc) is 2.51. The van der Waals surface area contributed by atoms with E-state index in [9.17, 15) is 9.59 Å². The Morgan fingerprint density at radius 2 is 2.33 bits per heavy atom. The van der Waals surface area contributed by atoms with Gasteiger partial charge >= 0.3 is 5.97 Å². The maximum Gasteiger partial charge on any atom is 0.347 e. The lowest BCUT2D eigenvalue weighted by Crippen LogP contribution is -2.17. The largest absolute Gasteiger partial charge is 0.477 e. The molecule has 1 amide bonds. The van der Waals surface area contributed by atoms with Gasteiger partial charge in [-0.1, -0.05) is 0 Å². The second kappa shape index (κ2) is 3.31. The third kappa shape index (κ3) is 1.59. The van der Waals surface area contributed by atoms with Gasteiger partial charge < -0.3 is 10.4 Å². The van der Waals surface area contributed by atoms with Crippen molar-refractivity contribution < 1.29 is 14.7 Å². The van der Waals surface area contributed by atoms with Crippen LogP contribution < -0.4 is 5.32 Å². The summed E-state index contributed by atoms with van der Waals surface area (Å²) in [5.41, 5.74) is 0.139. The van der Waals surface area contributed by atoms with E-state index >= 15 is 0 Å². The maximum atomic E-state index is 10.9. The molecule has 1 aromatic rings. The Balaban J connectivity index is 2.91. The van der Waals surface area contributed by atoms with Gasteiger partial charge in [0.2, 0.25) is 0 Å². The van der Waals surface area contributed by atoms with E-state index in [1.165, 1.54) is 13.1 Å². The lowest BCUT2D eigenvalue weighted by atomic mass is 10.3. The van der Waals surface area contributed by atoms with Crippen molar-refractivity contribution in [2.45, 2.75) is 0 Å². The maximum absolute atomic E-state index is 10.9. The van der Waals surface area contributed by atoms with E-state index in [2.05, 4.69) is 9.69 Å². The lowest BCUT2D eigenvalue weighted by molar-refractivity contribution is 0.0702. The monoisotopic (exact) mass is 186 g/mol. The highest BCUT2D eigenvalue weighted by Gasteiger charge is 2.12. The van der Waals surface area contributed by atoms with E-state index in [1.54, 1.807) is 0 Å². The summed E-state index contributed by atoms with van der Waals surface area (Å²) in [5.74, 6) is -1.44. The molecule has 64 valence electrons. The molecular formula is C6H6N2O3S. The Bertz CT molecular complexity index is 320. The summed E-state index contributed by atoms with van der Waals surface area (Å²) in [6.07, 6.45) is 0. The van der Waals surface area contributed by atoms with Gasteiger partial charge in [0.05, 0.1) is 0 Å². The van der Waals surface area contributed by atoms with Gasteiger partial charge in [-0.3, -0.25) is 4.79 Å².